The van der Waals surface area contributed by atoms with E-state index in [0.29, 0.717) is 12.0 Å². The van der Waals surface area contributed by atoms with E-state index in [9.17, 15) is 0 Å². The van der Waals surface area contributed by atoms with Gasteiger partial charge in [0.1, 0.15) is 5.82 Å². The molecule has 0 aliphatic carbocycles. The number of aromatic nitrogens is 3. The monoisotopic (exact) mass is 293 g/mol. The molecule has 6 heteroatoms. The molecule has 1 aromatic heterocycles. The maximum atomic E-state index is 5.62. The quantitative estimate of drug-likeness (QED) is 0.862. The maximum Gasteiger partial charge on any atom is 0.244 e. The lowest BCUT2D eigenvalue weighted by molar-refractivity contribution is 0.123. The first-order valence-electron chi connectivity index (χ1n) is 8.25. The van der Waals surface area contributed by atoms with Crippen molar-refractivity contribution >= 4 is 5.95 Å². The first-order chi connectivity index (χ1) is 10.3. The number of aromatic amines is 1. The van der Waals surface area contributed by atoms with Crippen LogP contribution in [0.15, 0.2) is 0 Å². The molecule has 2 aliphatic rings. The molecular formula is C15H27N5O. The summed E-state index contributed by atoms with van der Waals surface area (Å²) >= 11 is 0. The highest BCUT2D eigenvalue weighted by molar-refractivity contribution is 5.30. The summed E-state index contributed by atoms with van der Waals surface area (Å²) in [5.74, 6) is 3.03. The van der Waals surface area contributed by atoms with Crippen LogP contribution >= 0.6 is 0 Å². The second kappa shape index (κ2) is 6.75. The minimum atomic E-state index is 0.338. The fourth-order valence-electron chi connectivity index (χ4n) is 3.28. The minimum absolute atomic E-state index is 0.338. The first-order valence-corrected chi connectivity index (χ1v) is 8.25. The second-order valence-electron chi connectivity index (χ2n) is 6.34. The standard InChI is InChI=1S/C15H27N5O/c1-3-16-9-12-4-6-20(7-5-12)15-17-14(18-19-15)13-8-11(2)21-10-13/h11-13,16H,3-10H2,1-2H3,(H,17,18,19). The zero-order chi connectivity index (χ0) is 14.7. The van der Waals surface area contributed by atoms with Crippen molar-refractivity contribution in [2.24, 2.45) is 5.92 Å². The summed E-state index contributed by atoms with van der Waals surface area (Å²) < 4.78 is 5.62. The molecule has 2 N–H and O–H groups in total. The third-order valence-corrected chi connectivity index (χ3v) is 4.66. The Kier molecular flexibility index (Phi) is 4.75. The molecule has 2 unspecified atom stereocenters. The smallest absolute Gasteiger partial charge is 0.244 e. The molecule has 2 saturated heterocycles. The van der Waals surface area contributed by atoms with Crippen molar-refractivity contribution in [1.82, 2.24) is 20.5 Å². The molecule has 2 atom stereocenters. The molecule has 21 heavy (non-hydrogen) atoms. The zero-order valence-corrected chi connectivity index (χ0v) is 13.1. The molecule has 0 amide bonds. The average molecular weight is 293 g/mol. The summed E-state index contributed by atoms with van der Waals surface area (Å²) in [5, 5.41) is 11.0. The Labute approximate surface area is 126 Å². The van der Waals surface area contributed by atoms with Gasteiger partial charge in [-0.05, 0) is 45.2 Å². The summed E-state index contributed by atoms with van der Waals surface area (Å²) in [5.41, 5.74) is 0. The average Bonchev–Trinajstić information content (AvgIpc) is 3.14. The highest BCUT2D eigenvalue weighted by atomic mass is 16.5. The van der Waals surface area contributed by atoms with Crippen LogP contribution in [0.4, 0.5) is 5.95 Å². The minimum Gasteiger partial charge on any atom is -0.378 e. The molecule has 0 bridgehead atoms. The third-order valence-electron chi connectivity index (χ3n) is 4.66. The van der Waals surface area contributed by atoms with Crippen LogP contribution in [0, 0.1) is 5.92 Å². The fourth-order valence-corrected chi connectivity index (χ4v) is 3.28. The number of anilines is 1. The summed E-state index contributed by atoms with van der Waals surface area (Å²) in [7, 11) is 0. The molecule has 2 aliphatic heterocycles. The van der Waals surface area contributed by atoms with Gasteiger partial charge in [0.05, 0.1) is 12.7 Å². The number of nitrogens with one attached hydrogen (secondary N) is 2. The van der Waals surface area contributed by atoms with E-state index >= 15 is 0 Å². The van der Waals surface area contributed by atoms with Crippen molar-refractivity contribution in [3.8, 4) is 0 Å². The summed E-state index contributed by atoms with van der Waals surface area (Å²) in [6, 6.07) is 0. The lowest BCUT2D eigenvalue weighted by atomic mass is 9.97. The molecule has 6 nitrogen and oxygen atoms in total. The number of rotatable bonds is 5. The third kappa shape index (κ3) is 3.55. The lowest BCUT2D eigenvalue weighted by Crippen LogP contribution is -2.37. The molecule has 3 rings (SSSR count). The Morgan fingerprint density at radius 2 is 2.19 bits per heavy atom. The first kappa shape index (κ1) is 14.8. The van der Waals surface area contributed by atoms with Crippen LogP contribution in [0.3, 0.4) is 0 Å². The van der Waals surface area contributed by atoms with Crippen LogP contribution in [-0.4, -0.2) is 54.1 Å². The van der Waals surface area contributed by atoms with E-state index in [1.807, 2.05) is 0 Å². The largest absolute Gasteiger partial charge is 0.378 e. The van der Waals surface area contributed by atoms with E-state index in [2.05, 4.69) is 34.3 Å². The van der Waals surface area contributed by atoms with Gasteiger partial charge in [0.15, 0.2) is 0 Å². The van der Waals surface area contributed by atoms with Crippen LogP contribution in [0.25, 0.3) is 0 Å². The van der Waals surface area contributed by atoms with Crippen molar-refractivity contribution in [3.05, 3.63) is 5.82 Å². The predicted octanol–water partition coefficient (Wildman–Crippen LogP) is 1.52. The number of hydrogen-bond acceptors (Lipinski definition) is 5. The molecule has 0 aromatic carbocycles. The van der Waals surface area contributed by atoms with E-state index in [-0.39, 0.29) is 0 Å². The fraction of sp³-hybridized carbons (Fsp3) is 0.867. The summed E-state index contributed by atoms with van der Waals surface area (Å²) in [6.07, 6.45) is 3.82. The molecule has 118 valence electrons. The number of ether oxygens (including phenoxy) is 1. The summed E-state index contributed by atoms with van der Waals surface area (Å²) in [4.78, 5) is 7.01. The zero-order valence-electron chi connectivity index (χ0n) is 13.1. The molecule has 0 radical (unpaired) electrons. The Morgan fingerprint density at radius 3 is 2.86 bits per heavy atom. The van der Waals surface area contributed by atoms with Gasteiger partial charge >= 0.3 is 0 Å². The van der Waals surface area contributed by atoms with Crippen molar-refractivity contribution in [2.45, 2.75) is 45.1 Å². The Bertz CT molecular complexity index is 441. The molecule has 2 fully saturated rings. The Balaban J connectivity index is 1.53. The highest BCUT2D eigenvalue weighted by Crippen LogP contribution is 2.28. The molecular weight excluding hydrogens is 266 g/mol. The van der Waals surface area contributed by atoms with Gasteiger partial charge in [0.25, 0.3) is 0 Å². The van der Waals surface area contributed by atoms with Crippen LogP contribution in [0.1, 0.15) is 44.9 Å². The summed E-state index contributed by atoms with van der Waals surface area (Å²) in [6.45, 7) is 9.37. The van der Waals surface area contributed by atoms with Crippen molar-refractivity contribution in [3.63, 3.8) is 0 Å². The van der Waals surface area contributed by atoms with E-state index < -0.39 is 0 Å². The van der Waals surface area contributed by atoms with Gasteiger partial charge in [-0.3, -0.25) is 5.10 Å². The van der Waals surface area contributed by atoms with Crippen molar-refractivity contribution in [1.29, 1.82) is 0 Å². The van der Waals surface area contributed by atoms with Crippen LogP contribution in [0.2, 0.25) is 0 Å². The SMILES string of the molecule is CCNCC1CCN(c2n[nH]c(C3COC(C)C3)n2)CC1. The Morgan fingerprint density at radius 1 is 1.38 bits per heavy atom. The van der Waals surface area contributed by atoms with Crippen LogP contribution in [0.5, 0.6) is 0 Å². The van der Waals surface area contributed by atoms with Crippen LogP contribution in [-0.2, 0) is 4.74 Å². The topological polar surface area (TPSA) is 66.1 Å². The van der Waals surface area contributed by atoms with Gasteiger partial charge in [-0.25, -0.2) is 0 Å². The maximum absolute atomic E-state index is 5.62. The second-order valence-corrected chi connectivity index (χ2v) is 6.34. The van der Waals surface area contributed by atoms with Gasteiger partial charge in [0.2, 0.25) is 5.95 Å². The van der Waals surface area contributed by atoms with Crippen LogP contribution < -0.4 is 10.2 Å². The van der Waals surface area contributed by atoms with E-state index in [4.69, 9.17) is 9.72 Å². The Hall–Kier alpha value is -1.14. The van der Waals surface area contributed by atoms with Crippen molar-refractivity contribution in [2.75, 3.05) is 37.7 Å². The number of hydrogen-bond donors (Lipinski definition) is 2. The van der Waals surface area contributed by atoms with Crippen molar-refractivity contribution < 1.29 is 4.74 Å². The van der Waals surface area contributed by atoms with Gasteiger partial charge in [-0.15, -0.1) is 5.10 Å². The normalized spacial score (nSPS) is 27.4. The van der Waals surface area contributed by atoms with E-state index in [1.165, 1.54) is 12.8 Å². The molecule has 0 spiro atoms. The van der Waals surface area contributed by atoms with Gasteiger partial charge in [-0.1, -0.05) is 6.92 Å². The van der Waals surface area contributed by atoms with E-state index in [1.54, 1.807) is 0 Å². The van der Waals surface area contributed by atoms with Gasteiger partial charge in [0, 0.05) is 19.0 Å². The predicted molar refractivity (Wildman–Crippen MR) is 82.6 cm³/mol. The van der Waals surface area contributed by atoms with E-state index in [0.717, 1.165) is 56.9 Å². The number of H-pyrrole nitrogens is 1. The highest BCUT2D eigenvalue weighted by Gasteiger charge is 2.28. The van der Waals surface area contributed by atoms with Gasteiger partial charge < -0.3 is 15.0 Å². The van der Waals surface area contributed by atoms with Gasteiger partial charge in [-0.2, -0.15) is 4.98 Å². The molecule has 1 aromatic rings. The number of nitrogens with zero attached hydrogens (tertiary/aromatic N) is 3. The lowest BCUT2D eigenvalue weighted by Gasteiger charge is -2.31. The number of piperidine rings is 1. The molecule has 0 saturated carbocycles. The molecule has 3 heterocycles.